The zero-order chi connectivity index (χ0) is 14.4. The third kappa shape index (κ3) is 2.99. The minimum absolute atomic E-state index is 0.632. The van der Waals surface area contributed by atoms with Crippen molar-refractivity contribution in [3.05, 3.63) is 30.6 Å². The summed E-state index contributed by atoms with van der Waals surface area (Å²) in [5.74, 6) is 2.15. The third-order valence-electron chi connectivity index (χ3n) is 2.77. The molecule has 0 aliphatic carbocycles. The Hall–Kier alpha value is -2.30. The molecular weight excluding hydrogens is 254 g/mol. The number of hydrogen-bond acceptors (Lipinski definition) is 5. The topological polar surface area (TPSA) is 56.3 Å². The van der Waals surface area contributed by atoms with Gasteiger partial charge in [-0.25, -0.2) is 9.97 Å². The van der Waals surface area contributed by atoms with Gasteiger partial charge in [0, 0.05) is 12.1 Å². The highest BCUT2D eigenvalue weighted by atomic mass is 16.5. The van der Waals surface area contributed by atoms with Crippen LogP contribution in [0.5, 0.6) is 11.5 Å². The molecule has 5 nitrogen and oxygen atoms in total. The summed E-state index contributed by atoms with van der Waals surface area (Å²) in [6.07, 6.45) is 1.53. The Morgan fingerprint density at radius 1 is 1.20 bits per heavy atom. The summed E-state index contributed by atoms with van der Waals surface area (Å²) in [6, 6.07) is 7.79. The summed E-state index contributed by atoms with van der Waals surface area (Å²) in [5, 5.41) is 3.17. The van der Waals surface area contributed by atoms with Crippen molar-refractivity contribution in [3.63, 3.8) is 0 Å². The highest BCUT2D eigenvalue weighted by molar-refractivity contribution is 5.73. The van der Waals surface area contributed by atoms with Crippen molar-refractivity contribution < 1.29 is 9.47 Å². The second-order valence-electron chi connectivity index (χ2n) is 4.10. The molecular formula is C15H19N3O2. The lowest BCUT2D eigenvalue weighted by Gasteiger charge is -2.13. The van der Waals surface area contributed by atoms with Gasteiger partial charge in [0.15, 0.2) is 11.6 Å². The average molecular weight is 273 g/mol. The van der Waals surface area contributed by atoms with E-state index in [9.17, 15) is 0 Å². The SMILES string of the molecule is CCNc1ncnc(-c2cccc(OCC)c2)c1OC. The minimum atomic E-state index is 0.632. The maximum absolute atomic E-state index is 5.52. The predicted octanol–water partition coefficient (Wildman–Crippen LogP) is 2.98. The number of nitrogens with zero attached hydrogens (tertiary/aromatic N) is 2. The summed E-state index contributed by atoms with van der Waals surface area (Å²) in [6.45, 7) is 5.37. The number of ether oxygens (including phenoxy) is 2. The quantitative estimate of drug-likeness (QED) is 0.876. The van der Waals surface area contributed by atoms with E-state index >= 15 is 0 Å². The summed E-state index contributed by atoms with van der Waals surface area (Å²) in [4.78, 5) is 8.54. The molecule has 0 bridgehead atoms. The normalized spacial score (nSPS) is 10.2. The van der Waals surface area contributed by atoms with Gasteiger partial charge in [-0.2, -0.15) is 0 Å². The molecule has 0 unspecified atom stereocenters. The highest BCUT2D eigenvalue weighted by Gasteiger charge is 2.13. The van der Waals surface area contributed by atoms with Crippen LogP contribution in [0.15, 0.2) is 30.6 Å². The molecule has 106 valence electrons. The zero-order valence-electron chi connectivity index (χ0n) is 12.0. The van der Waals surface area contributed by atoms with E-state index < -0.39 is 0 Å². The summed E-state index contributed by atoms with van der Waals surface area (Å²) in [5.41, 5.74) is 1.69. The Labute approximate surface area is 119 Å². The van der Waals surface area contributed by atoms with E-state index in [1.807, 2.05) is 38.1 Å². The molecule has 0 aliphatic rings. The van der Waals surface area contributed by atoms with Crippen LogP contribution in [0.2, 0.25) is 0 Å². The Morgan fingerprint density at radius 2 is 2.05 bits per heavy atom. The van der Waals surface area contributed by atoms with Gasteiger partial charge in [-0.3, -0.25) is 0 Å². The minimum Gasteiger partial charge on any atom is -0.494 e. The number of aromatic nitrogens is 2. The standard InChI is InChI=1S/C15H19N3O2/c1-4-16-15-14(19-3)13(17-10-18-15)11-7-6-8-12(9-11)20-5-2/h6-10H,4-5H2,1-3H3,(H,16,17,18). The lowest BCUT2D eigenvalue weighted by Crippen LogP contribution is -2.04. The molecule has 0 aliphatic heterocycles. The van der Waals surface area contributed by atoms with Gasteiger partial charge >= 0.3 is 0 Å². The summed E-state index contributed by atoms with van der Waals surface area (Å²) < 4.78 is 11.0. The fourth-order valence-corrected chi connectivity index (χ4v) is 1.97. The first-order valence-electron chi connectivity index (χ1n) is 6.66. The maximum Gasteiger partial charge on any atom is 0.187 e. The smallest absolute Gasteiger partial charge is 0.187 e. The number of nitrogens with one attached hydrogen (secondary N) is 1. The molecule has 1 N–H and O–H groups in total. The van der Waals surface area contributed by atoms with Crippen LogP contribution in [0.3, 0.4) is 0 Å². The van der Waals surface area contributed by atoms with Gasteiger partial charge in [0.1, 0.15) is 17.8 Å². The fourth-order valence-electron chi connectivity index (χ4n) is 1.97. The second-order valence-corrected chi connectivity index (χ2v) is 4.10. The van der Waals surface area contributed by atoms with Crippen LogP contribution in [0, 0.1) is 0 Å². The van der Waals surface area contributed by atoms with Gasteiger partial charge in [0.2, 0.25) is 0 Å². The fraction of sp³-hybridized carbons (Fsp3) is 0.333. The molecule has 0 amide bonds. The summed E-state index contributed by atoms with van der Waals surface area (Å²) in [7, 11) is 1.62. The van der Waals surface area contributed by atoms with Crippen molar-refractivity contribution in [1.82, 2.24) is 9.97 Å². The first-order chi connectivity index (χ1) is 9.80. The highest BCUT2D eigenvalue weighted by Crippen LogP contribution is 2.34. The van der Waals surface area contributed by atoms with Gasteiger partial charge in [-0.15, -0.1) is 0 Å². The van der Waals surface area contributed by atoms with Crippen molar-refractivity contribution in [2.75, 3.05) is 25.6 Å². The van der Waals surface area contributed by atoms with E-state index in [0.29, 0.717) is 18.2 Å². The predicted molar refractivity (Wildman–Crippen MR) is 79.4 cm³/mol. The van der Waals surface area contributed by atoms with Gasteiger partial charge in [-0.05, 0) is 26.0 Å². The van der Waals surface area contributed by atoms with Crippen LogP contribution in [0.25, 0.3) is 11.3 Å². The molecule has 20 heavy (non-hydrogen) atoms. The molecule has 1 heterocycles. The molecule has 0 fully saturated rings. The van der Waals surface area contributed by atoms with E-state index in [1.165, 1.54) is 6.33 Å². The Balaban J connectivity index is 2.46. The molecule has 0 saturated heterocycles. The van der Waals surface area contributed by atoms with Gasteiger partial charge in [0.05, 0.1) is 13.7 Å². The number of anilines is 1. The van der Waals surface area contributed by atoms with E-state index in [4.69, 9.17) is 9.47 Å². The Bertz CT molecular complexity index is 573. The molecule has 2 rings (SSSR count). The monoisotopic (exact) mass is 273 g/mol. The Morgan fingerprint density at radius 3 is 2.75 bits per heavy atom. The van der Waals surface area contributed by atoms with E-state index in [2.05, 4.69) is 15.3 Å². The number of benzene rings is 1. The van der Waals surface area contributed by atoms with Crippen molar-refractivity contribution in [1.29, 1.82) is 0 Å². The second kappa shape index (κ2) is 6.75. The van der Waals surface area contributed by atoms with Crippen LogP contribution in [0.4, 0.5) is 5.82 Å². The van der Waals surface area contributed by atoms with Crippen LogP contribution in [-0.2, 0) is 0 Å². The van der Waals surface area contributed by atoms with Gasteiger partial charge < -0.3 is 14.8 Å². The molecule has 2 aromatic rings. The first-order valence-corrected chi connectivity index (χ1v) is 6.66. The molecule has 1 aromatic heterocycles. The zero-order valence-corrected chi connectivity index (χ0v) is 12.0. The summed E-state index contributed by atoms with van der Waals surface area (Å²) >= 11 is 0. The van der Waals surface area contributed by atoms with Crippen LogP contribution >= 0.6 is 0 Å². The number of hydrogen-bond donors (Lipinski definition) is 1. The molecule has 0 atom stereocenters. The lowest BCUT2D eigenvalue weighted by molar-refractivity contribution is 0.340. The Kier molecular flexibility index (Phi) is 4.76. The lowest BCUT2D eigenvalue weighted by atomic mass is 10.1. The first kappa shape index (κ1) is 14.1. The van der Waals surface area contributed by atoms with E-state index in [1.54, 1.807) is 7.11 Å². The van der Waals surface area contributed by atoms with E-state index in [-0.39, 0.29) is 0 Å². The van der Waals surface area contributed by atoms with Crippen LogP contribution in [0.1, 0.15) is 13.8 Å². The van der Waals surface area contributed by atoms with Gasteiger partial charge in [-0.1, -0.05) is 12.1 Å². The number of rotatable bonds is 6. The van der Waals surface area contributed by atoms with Crippen molar-refractivity contribution in [2.45, 2.75) is 13.8 Å². The van der Waals surface area contributed by atoms with Gasteiger partial charge in [0.25, 0.3) is 0 Å². The largest absolute Gasteiger partial charge is 0.494 e. The van der Waals surface area contributed by atoms with Crippen molar-refractivity contribution in [3.8, 4) is 22.8 Å². The molecule has 0 radical (unpaired) electrons. The van der Waals surface area contributed by atoms with Crippen molar-refractivity contribution in [2.24, 2.45) is 0 Å². The molecule has 0 spiro atoms. The van der Waals surface area contributed by atoms with Crippen LogP contribution in [-0.4, -0.2) is 30.2 Å². The number of methoxy groups -OCH3 is 1. The molecule has 1 aromatic carbocycles. The van der Waals surface area contributed by atoms with E-state index in [0.717, 1.165) is 23.6 Å². The van der Waals surface area contributed by atoms with Crippen molar-refractivity contribution >= 4 is 5.82 Å². The maximum atomic E-state index is 5.52. The molecule has 0 saturated carbocycles. The molecule has 5 heteroatoms. The van der Waals surface area contributed by atoms with Crippen LogP contribution < -0.4 is 14.8 Å². The average Bonchev–Trinajstić information content (AvgIpc) is 2.48. The third-order valence-corrected chi connectivity index (χ3v) is 2.77.